The van der Waals surface area contributed by atoms with Gasteiger partial charge in [0.1, 0.15) is 0 Å². The molecule has 0 aliphatic heterocycles. The monoisotopic (exact) mass is 222 g/mol. The Kier molecular flexibility index (Phi) is 3.06. The average Bonchev–Trinajstić information content (AvgIpc) is 2.99. The maximum atomic E-state index is 9.85. The van der Waals surface area contributed by atoms with Gasteiger partial charge in [-0.05, 0) is 37.5 Å². The van der Waals surface area contributed by atoms with E-state index in [0.717, 1.165) is 29.9 Å². The van der Waals surface area contributed by atoms with Gasteiger partial charge in [-0.2, -0.15) is 0 Å². The van der Waals surface area contributed by atoms with Crippen LogP contribution >= 0.6 is 0 Å². The Hall–Kier alpha value is -1.22. The lowest BCUT2D eigenvalue weighted by molar-refractivity contribution is 0.151. The minimum Gasteiger partial charge on any atom is -0.493 e. The predicted octanol–water partition coefficient (Wildman–Crippen LogP) is 2.16. The van der Waals surface area contributed by atoms with E-state index < -0.39 is 5.60 Å². The van der Waals surface area contributed by atoms with Crippen LogP contribution in [-0.4, -0.2) is 24.4 Å². The maximum absolute atomic E-state index is 9.85. The quantitative estimate of drug-likeness (QED) is 0.829. The minimum absolute atomic E-state index is 0.460. The van der Waals surface area contributed by atoms with Gasteiger partial charge in [0.15, 0.2) is 11.5 Å². The van der Waals surface area contributed by atoms with Gasteiger partial charge in [0.25, 0.3) is 0 Å². The number of benzene rings is 1. The molecule has 1 aliphatic carbocycles. The smallest absolute Gasteiger partial charge is 0.161 e. The number of aliphatic hydroxyl groups is 1. The molecule has 88 valence electrons. The second-order valence-corrected chi connectivity index (χ2v) is 4.32. The Balaban J connectivity index is 2.15. The Morgan fingerprint density at radius 1 is 1.31 bits per heavy atom. The van der Waals surface area contributed by atoms with Gasteiger partial charge in [0, 0.05) is 6.42 Å². The number of methoxy groups -OCH3 is 1. The average molecular weight is 222 g/mol. The normalized spacial score (nSPS) is 16.9. The van der Waals surface area contributed by atoms with E-state index in [1.807, 2.05) is 25.1 Å². The Bertz CT molecular complexity index is 369. The van der Waals surface area contributed by atoms with Crippen molar-refractivity contribution in [2.24, 2.45) is 0 Å². The topological polar surface area (TPSA) is 38.7 Å². The van der Waals surface area contributed by atoms with Crippen molar-refractivity contribution in [1.82, 2.24) is 0 Å². The molecule has 1 aliphatic rings. The molecule has 0 bridgehead atoms. The summed E-state index contributed by atoms with van der Waals surface area (Å²) < 4.78 is 10.7. The first-order valence-corrected chi connectivity index (χ1v) is 5.69. The molecule has 0 radical (unpaired) electrons. The lowest BCUT2D eigenvalue weighted by Gasteiger charge is -2.12. The van der Waals surface area contributed by atoms with Crippen molar-refractivity contribution in [1.29, 1.82) is 0 Å². The Morgan fingerprint density at radius 2 is 2.06 bits per heavy atom. The van der Waals surface area contributed by atoms with E-state index >= 15 is 0 Å². The van der Waals surface area contributed by atoms with Crippen LogP contribution in [-0.2, 0) is 6.42 Å². The molecule has 2 rings (SSSR count). The highest BCUT2D eigenvalue weighted by atomic mass is 16.5. The third kappa shape index (κ3) is 2.47. The SMILES string of the molecule is CCOc1ccc(CC2(O)CC2)cc1OC. The van der Waals surface area contributed by atoms with Gasteiger partial charge in [-0.3, -0.25) is 0 Å². The van der Waals surface area contributed by atoms with Crippen LogP contribution in [0.15, 0.2) is 18.2 Å². The maximum Gasteiger partial charge on any atom is 0.161 e. The third-order valence-electron chi connectivity index (χ3n) is 2.89. The fourth-order valence-corrected chi connectivity index (χ4v) is 1.80. The third-order valence-corrected chi connectivity index (χ3v) is 2.89. The molecule has 1 aromatic rings. The second-order valence-electron chi connectivity index (χ2n) is 4.32. The molecule has 1 aromatic carbocycles. The van der Waals surface area contributed by atoms with Crippen LogP contribution < -0.4 is 9.47 Å². The van der Waals surface area contributed by atoms with E-state index in [-0.39, 0.29) is 0 Å². The van der Waals surface area contributed by atoms with Crippen molar-refractivity contribution in [3.05, 3.63) is 23.8 Å². The molecule has 1 N–H and O–H groups in total. The molecular formula is C13H18O3. The number of ether oxygens (including phenoxy) is 2. The first kappa shape index (κ1) is 11.3. The molecule has 0 spiro atoms. The minimum atomic E-state index is -0.460. The van der Waals surface area contributed by atoms with Crippen LogP contribution in [0.2, 0.25) is 0 Å². The summed E-state index contributed by atoms with van der Waals surface area (Å²) in [5.41, 5.74) is 0.637. The standard InChI is InChI=1S/C13H18O3/c1-3-16-11-5-4-10(8-12(11)15-2)9-13(14)6-7-13/h4-5,8,14H,3,6-7,9H2,1-2H3. The molecular weight excluding hydrogens is 204 g/mol. The molecule has 0 heterocycles. The molecule has 3 nitrogen and oxygen atoms in total. The fourth-order valence-electron chi connectivity index (χ4n) is 1.80. The summed E-state index contributed by atoms with van der Waals surface area (Å²) in [5, 5.41) is 9.85. The van der Waals surface area contributed by atoms with Gasteiger partial charge in [-0.15, -0.1) is 0 Å². The molecule has 0 amide bonds. The van der Waals surface area contributed by atoms with Crippen LogP contribution in [0.4, 0.5) is 0 Å². The highest BCUT2D eigenvalue weighted by Gasteiger charge is 2.40. The number of hydrogen-bond acceptors (Lipinski definition) is 3. The summed E-state index contributed by atoms with van der Waals surface area (Å²) in [5.74, 6) is 1.50. The van der Waals surface area contributed by atoms with Crippen LogP contribution in [0.25, 0.3) is 0 Å². The molecule has 0 unspecified atom stereocenters. The van der Waals surface area contributed by atoms with E-state index in [1.54, 1.807) is 7.11 Å². The van der Waals surface area contributed by atoms with Crippen LogP contribution in [0.3, 0.4) is 0 Å². The zero-order chi connectivity index (χ0) is 11.6. The van der Waals surface area contributed by atoms with Crippen LogP contribution in [0, 0.1) is 0 Å². The van der Waals surface area contributed by atoms with E-state index in [1.165, 1.54) is 0 Å². The van der Waals surface area contributed by atoms with Crippen molar-refractivity contribution in [2.75, 3.05) is 13.7 Å². The predicted molar refractivity (Wildman–Crippen MR) is 62.1 cm³/mol. The Labute approximate surface area is 96.0 Å². The van der Waals surface area contributed by atoms with Gasteiger partial charge in [-0.25, -0.2) is 0 Å². The van der Waals surface area contributed by atoms with Gasteiger partial charge >= 0.3 is 0 Å². The molecule has 0 atom stereocenters. The summed E-state index contributed by atoms with van der Waals surface area (Å²) in [7, 11) is 1.63. The van der Waals surface area contributed by atoms with Crippen LogP contribution in [0.5, 0.6) is 11.5 Å². The van der Waals surface area contributed by atoms with Crippen molar-refractivity contribution in [2.45, 2.75) is 31.8 Å². The molecule has 0 aromatic heterocycles. The fraction of sp³-hybridized carbons (Fsp3) is 0.538. The summed E-state index contributed by atoms with van der Waals surface area (Å²) in [6.45, 7) is 2.57. The summed E-state index contributed by atoms with van der Waals surface area (Å²) in [4.78, 5) is 0. The van der Waals surface area contributed by atoms with Gasteiger partial charge in [0.2, 0.25) is 0 Å². The highest BCUT2D eigenvalue weighted by Crippen LogP contribution is 2.39. The van der Waals surface area contributed by atoms with Crippen molar-refractivity contribution in [3.8, 4) is 11.5 Å². The highest BCUT2D eigenvalue weighted by molar-refractivity contribution is 5.43. The van der Waals surface area contributed by atoms with Crippen molar-refractivity contribution < 1.29 is 14.6 Å². The van der Waals surface area contributed by atoms with Gasteiger partial charge in [0.05, 0.1) is 19.3 Å². The van der Waals surface area contributed by atoms with E-state index in [9.17, 15) is 5.11 Å². The molecule has 1 saturated carbocycles. The van der Waals surface area contributed by atoms with Crippen molar-refractivity contribution in [3.63, 3.8) is 0 Å². The van der Waals surface area contributed by atoms with Gasteiger partial charge < -0.3 is 14.6 Å². The Morgan fingerprint density at radius 3 is 2.62 bits per heavy atom. The zero-order valence-corrected chi connectivity index (χ0v) is 9.82. The summed E-state index contributed by atoms with van der Waals surface area (Å²) in [6.07, 6.45) is 2.51. The summed E-state index contributed by atoms with van der Waals surface area (Å²) >= 11 is 0. The second kappa shape index (κ2) is 4.34. The largest absolute Gasteiger partial charge is 0.493 e. The van der Waals surface area contributed by atoms with E-state index in [0.29, 0.717) is 13.0 Å². The van der Waals surface area contributed by atoms with Gasteiger partial charge in [-0.1, -0.05) is 6.07 Å². The summed E-state index contributed by atoms with van der Waals surface area (Å²) in [6, 6.07) is 5.84. The molecule has 1 fully saturated rings. The lowest BCUT2D eigenvalue weighted by atomic mass is 10.1. The van der Waals surface area contributed by atoms with Crippen molar-refractivity contribution >= 4 is 0 Å². The van der Waals surface area contributed by atoms with Crippen LogP contribution in [0.1, 0.15) is 25.3 Å². The molecule has 3 heteroatoms. The first-order chi connectivity index (χ1) is 7.67. The molecule has 0 saturated heterocycles. The van der Waals surface area contributed by atoms with E-state index in [2.05, 4.69) is 0 Å². The number of hydrogen-bond donors (Lipinski definition) is 1. The molecule has 16 heavy (non-hydrogen) atoms. The zero-order valence-electron chi connectivity index (χ0n) is 9.82. The first-order valence-electron chi connectivity index (χ1n) is 5.69. The van der Waals surface area contributed by atoms with E-state index in [4.69, 9.17) is 9.47 Å². The number of rotatable bonds is 5. The lowest BCUT2D eigenvalue weighted by Crippen LogP contribution is -2.10.